The third kappa shape index (κ3) is 3.33. The van der Waals surface area contributed by atoms with Crippen LogP contribution in [0.4, 0.5) is 0 Å². The summed E-state index contributed by atoms with van der Waals surface area (Å²) in [6.07, 6.45) is 2.35. The second-order valence-corrected chi connectivity index (χ2v) is 5.84. The Hall–Kier alpha value is 0.0969. The van der Waals surface area contributed by atoms with Crippen LogP contribution in [-0.4, -0.2) is 30.0 Å². The summed E-state index contributed by atoms with van der Waals surface area (Å²) in [4.78, 5) is 3.14. The van der Waals surface area contributed by atoms with Gasteiger partial charge in [0.1, 0.15) is 0 Å². The van der Waals surface area contributed by atoms with Gasteiger partial charge in [0, 0.05) is 20.3 Å². The highest BCUT2D eigenvalue weighted by molar-refractivity contribution is 6.64. The lowest BCUT2D eigenvalue weighted by Crippen LogP contribution is -2.52. The molecule has 0 saturated carbocycles. The van der Waals surface area contributed by atoms with E-state index >= 15 is 0 Å². The molecule has 0 aliphatic rings. The highest BCUT2D eigenvalue weighted by atomic mass is 28.4. The van der Waals surface area contributed by atoms with Crippen molar-refractivity contribution in [1.29, 1.82) is 0 Å². The Morgan fingerprint density at radius 1 is 1.27 bits per heavy atom. The van der Waals surface area contributed by atoms with Crippen LogP contribution in [-0.2, 0) is 8.85 Å². The molecule has 11 heavy (non-hydrogen) atoms. The standard InChI is InChI=1S/C7H19NO2Si/c1-5-6-7-11(8-2,9-3)10-4/h8H,5-7H2,1-4H3. The molecular formula is C7H19NO2Si. The molecule has 0 radical (unpaired) electrons. The van der Waals surface area contributed by atoms with Gasteiger partial charge < -0.3 is 8.85 Å². The van der Waals surface area contributed by atoms with Crippen LogP contribution in [0.2, 0.25) is 6.04 Å². The molecule has 0 aromatic rings. The van der Waals surface area contributed by atoms with Gasteiger partial charge in [-0.3, -0.25) is 4.98 Å². The van der Waals surface area contributed by atoms with Gasteiger partial charge in [-0.1, -0.05) is 19.8 Å². The first-order chi connectivity index (χ1) is 5.24. The molecule has 68 valence electrons. The summed E-state index contributed by atoms with van der Waals surface area (Å²) >= 11 is 0. The third-order valence-electron chi connectivity index (χ3n) is 1.90. The van der Waals surface area contributed by atoms with Gasteiger partial charge in [-0.05, 0) is 7.05 Å². The van der Waals surface area contributed by atoms with E-state index in [-0.39, 0.29) is 0 Å². The largest absolute Gasteiger partial charge is 0.424 e. The van der Waals surface area contributed by atoms with Crippen molar-refractivity contribution in [2.45, 2.75) is 25.8 Å². The molecule has 0 aliphatic heterocycles. The van der Waals surface area contributed by atoms with Gasteiger partial charge in [-0.25, -0.2) is 0 Å². The maximum Gasteiger partial charge on any atom is 0.424 e. The van der Waals surface area contributed by atoms with Crippen LogP contribution in [0.15, 0.2) is 0 Å². The molecule has 0 aromatic heterocycles. The Balaban J connectivity index is 3.84. The first-order valence-corrected chi connectivity index (χ1v) is 6.06. The first-order valence-electron chi connectivity index (χ1n) is 4.04. The molecule has 0 atom stereocenters. The molecule has 3 nitrogen and oxygen atoms in total. The third-order valence-corrected chi connectivity index (χ3v) is 4.99. The molecule has 0 rings (SSSR count). The molecule has 0 spiro atoms. The van der Waals surface area contributed by atoms with Crippen molar-refractivity contribution < 1.29 is 8.85 Å². The molecule has 0 heterocycles. The number of hydrogen-bond donors (Lipinski definition) is 1. The summed E-state index contributed by atoms with van der Waals surface area (Å²) in [6, 6.07) is 1.02. The average molecular weight is 177 g/mol. The van der Waals surface area contributed by atoms with Gasteiger partial charge in [0.2, 0.25) is 0 Å². The zero-order chi connectivity index (χ0) is 8.74. The van der Waals surface area contributed by atoms with Gasteiger partial charge in [0.15, 0.2) is 0 Å². The predicted molar refractivity (Wildman–Crippen MR) is 48.5 cm³/mol. The van der Waals surface area contributed by atoms with Gasteiger partial charge in [-0.15, -0.1) is 0 Å². The van der Waals surface area contributed by atoms with E-state index in [4.69, 9.17) is 8.85 Å². The van der Waals surface area contributed by atoms with Crippen molar-refractivity contribution in [2.75, 3.05) is 21.3 Å². The number of hydrogen-bond acceptors (Lipinski definition) is 3. The highest BCUT2D eigenvalue weighted by Crippen LogP contribution is 2.11. The van der Waals surface area contributed by atoms with Crippen molar-refractivity contribution in [2.24, 2.45) is 0 Å². The minimum absolute atomic E-state index is 1.02. The van der Waals surface area contributed by atoms with E-state index in [1.165, 1.54) is 6.42 Å². The maximum absolute atomic E-state index is 5.34. The second-order valence-electron chi connectivity index (χ2n) is 2.51. The van der Waals surface area contributed by atoms with Crippen LogP contribution in [0.1, 0.15) is 19.8 Å². The fourth-order valence-electron chi connectivity index (χ4n) is 1.03. The summed E-state index contributed by atoms with van der Waals surface area (Å²) in [7, 11) is 3.33. The lowest BCUT2D eigenvalue weighted by Gasteiger charge is -2.25. The smallest absolute Gasteiger partial charge is 0.386 e. The van der Waals surface area contributed by atoms with Crippen molar-refractivity contribution in [3.63, 3.8) is 0 Å². The average Bonchev–Trinajstić information content (AvgIpc) is 2.08. The molecular weight excluding hydrogens is 158 g/mol. The summed E-state index contributed by atoms with van der Waals surface area (Å²) < 4.78 is 10.7. The van der Waals surface area contributed by atoms with Crippen molar-refractivity contribution in [1.82, 2.24) is 4.98 Å². The fourth-order valence-corrected chi connectivity index (χ4v) is 3.08. The molecule has 0 unspecified atom stereocenters. The topological polar surface area (TPSA) is 30.5 Å². The minimum atomic E-state index is -1.99. The molecule has 0 bridgehead atoms. The Kier molecular flexibility index (Phi) is 5.76. The zero-order valence-corrected chi connectivity index (χ0v) is 8.94. The van der Waals surface area contributed by atoms with E-state index in [1.54, 1.807) is 14.2 Å². The summed E-state index contributed by atoms with van der Waals surface area (Å²) in [5.41, 5.74) is 0. The Morgan fingerprint density at radius 2 is 1.82 bits per heavy atom. The Morgan fingerprint density at radius 3 is 2.09 bits per heavy atom. The second kappa shape index (κ2) is 5.71. The van der Waals surface area contributed by atoms with Crippen LogP contribution >= 0.6 is 0 Å². The SMILES string of the molecule is CCCC[Si](NC)(OC)OC. The quantitative estimate of drug-likeness (QED) is 0.619. The normalized spacial score (nSPS) is 12.0. The lowest BCUT2D eigenvalue weighted by molar-refractivity contribution is 0.230. The molecule has 0 aromatic carbocycles. The minimum Gasteiger partial charge on any atom is -0.386 e. The molecule has 0 amide bonds. The van der Waals surface area contributed by atoms with Gasteiger partial charge in [0.25, 0.3) is 0 Å². The van der Waals surface area contributed by atoms with E-state index in [9.17, 15) is 0 Å². The van der Waals surface area contributed by atoms with Crippen LogP contribution in [0, 0.1) is 0 Å². The lowest BCUT2D eigenvalue weighted by atomic mass is 10.4. The number of nitrogens with one attached hydrogen (secondary N) is 1. The van der Waals surface area contributed by atoms with Gasteiger partial charge >= 0.3 is 8.72 Å². The maximum atomic E-state index is 5.34. The predicted octanol–water partition coefficient (Wildman–Crippen LogP) is 1.24. The van der Waals surface area contributed by atoms with E-state index in [0.29, 0.717) is 0 Å². The van der Waals surface area contributed by atoms with Crippen LogP contribution in [0.3, 0.4) is 0 Å². The van der Waals surface area contributed by atoms with Crippen molar-refractivity contribution >= 4 is 8.72 Å². The number of unbranched alkanes of at least 4 members (excludes halogenated alkanes) is 1. The zero-order valence-electron chi connectivity index (χ0n) is 7.94. The van der Waals surface area contributed by atoms with E-state index in [2.05, 4.69) is 11.9 Å². The molecule has 0 aliphatic carbocycles. The van der Waals surface area contributed by atoms with E-state index in [1.807, 2.05) is 7.05 Å². The Labute approximate surface area is 70.4 Å². The van der Waals surface area contributed by atoms with Gasteiger partial charge in [0.05, 0.1) is 0 Å². The first kappa shape index (κ1) is 11.1. The fraction of sp³-hybridized carbons (Fsp3) is 1.00. The summed E-state index contributed by atoms with van der Waals surface area (Å²) in [5, 5.41) is 0. The molecule has 4 heteroatoms. The monoisotopic (exact) mass is 177 g/mol. The van der Waals surface area contributed by atoms with Crippen molar-refractivity contribution in [3.05, 3.63) is 0 Å². The molecule has 0 fully saturated rings. The van der Waals surface area contributed by atoms with Crippen molar-refractivity contribution in [3.8, 4) is 0 Å². The summed E-state index contributed by atoms with van der Waals surface area (Å²) in [5.74, 6) is 0. The molecule has 1 N–H and O–H groups in total. The molecule has 0 saturated heterocycles. The van der Waals surface area contributed by atoms with Crippen LogP contribution in [0.5, 0.6) is 0 Å². The van der Waals surface area contributed by atoms with Gasteiger partial charge in [-0.2, -0.15) is 0 Å². The van der Waals surface area contributed by atoms with Crippen LogP contribution < -0.4 is 4.98 Å². The van der Waals surface area contributed by atoms with E-state index in [0.717, 1.165) is 12.5 Å². The van der Waals surface area contributed by atoms with Crippen LogP contribution in [0.25, 0.3) is 0 Å². The Bertz CT molecular complexity index is 88.2. The highest BCUT2D eigenvalue weighted by Gasteiger charge is 2.33. The summed E-state index contributed by atoms with van der Waals surface area (Å²) in [6.45, 7) is 2.17. The number of rotatable bonds is 6. The van der Waals surface area contributed by atoms with E-state index < -0.39 is 8.72 Å².